The van der Waals surface area contributed by atoms with E-state index in [9.17, 15) is 0 Å². The molecule has 4 aromatic rings. The van der Waals surface area contributed by atoms with Crippen LogP contribution in [-0.4, -0.2) is 14.5 Å². The van der Waals surface area contributed by atoms with Crippen molar-refractivity contribution in [2.45, 2.75) is 27.3 Å². The Morgan fingerprint density at radius 1 is 1.13 bits per heavy atom. The molecule has 2 heterocycles. The van der Waals surface area contributed by atoms with E-state index in [1.807, 2.05) is 12.1 Å². The summed E-state index contributed by atoms with van der Waals surface area (Å²) in [6.07, 6.45) is 1.50. The topological polar surface area (TPSA) is 43.9 Å². The summed E-state index contributed by atoms with van der Waals surface area (Å²) in [6.45, 7) is 7.47. The number of hydrogen-bond donors (Lipinski definition) is 0. The lowest BCUT2D eigenvalue weighted by Gasteiger charge is -2.13. The molecule has 2 aromatic carbocycles. The van der Waals surface area contributed by atoms with E-state index < -0.39 is 0 Å². The minimum Gasteiger partial charge on any atom is -0.443 e. The summed E-state index contributed by atoms with van der Waals surface area (Å²) in [5.74, 6) is 1.50. The molecular formula is C19H19N3O. The Hall–Kier alpha value is -2.62. The van der Waals surface area contributed by atoms with Gasteiger partial charge in [-0.2, -0.15) is 0 Å². The lowest BCUT2D eigenvalue weighted by atomic mass is 10.1. The second-order valence-corrected chi connectivity index (χ2v) is 6.39. The highest BCUT2D eigenvalue weighted by molar-refractivity contribution is 5.93. The number of nitrogens with zero attached hydrogens (tertiary/aromatic N) is 3. The molecule has 0 N–H and O–H groups in total. The maximum absolute atomic E-state index is 5.48. The van der Waals surface area contributed by atoms with Crippen LogP contribution < -0.4 is 0 Å². The average Bonchev–Trinajstić information content (AvgIpc) is 3.12. The number of fused-ring (bicyclic) bond motifs is 2. The van der Waals surface area contributed by atoms with Gasteiger partial charge in [0, 0.05) is 6.54 Å². The van der Waals surface area contributed by atoms with Crippen molar-refractivity contribution in [3.63, 3.8) is 0 Å². The fourth-order valence-corrected chi connectivity index (χ4v) is 3.13. The van der Waals surface area contributed by atoms with Crippen LogP contribution in [0.25, 0.3) is 33.5 Å². The van der Waals surface area contributed by atoms with Crippen molar-refractivity contribution in [1.82, 2.24) is 14.5 Å². The number of oxazole rings is 1. The summed E-state index contributed by atoms with van der Waals surface area (Å²) < 4.78 is 7.78. The van der Waals surface area contributed by atoms with Gasteiger partial charge in [-0.15, -0.1) is 0 Å². The van der Waals surface area contributed by atoms with E-state index in [4.69, 9.17) is 9.40 Å². The molecule has 0 fully saturated rings. The van der Waals surface area contributed by atoms with Gasteiger partial charge in [-0.1, -0.05) is 32.0 Å². The third kappa shape index (κ3) is 2.22. The van der Waals surface area contributed by atoms with Gasteiger partial charge in [0.1, 0.15) is 11.3 Å². The largest absolute Gasteiger partial charge is 0.443 e. The van der Waals surface area contributed by atoms with Crippen molar-refractivity contribution in [1.29, 1.82) is 0 Å². The molecule has 0 radical (unpaired) electrons. The third-order valence-electron chi connectivity index (χ3n) is 4.14. The molecule has 0 aliphatic rings. The summed E-state index contributed by atoms with van der Waals surface area (Å²) in [4.78, 5) is 9.33. The Kier molecular flexibility index (Phi) is 3.18. The normalized spacial score (nSPS) is 11.8. The molecule has 0 unspecified atom stereocenters. The molecule has 0 atom stereocenters. The monoisotopic (exact) mass is 305 g/mol. The number of imidazole rings is 1. The third-order valence-corrected chi connectivity index (χ3v) is 4.14. The second-order valence-electron chi connectivity index (χ2n) is 6.39. The number of para-hydroxylation sites is 2. The van der Waals surface area contributed by atoms with Gasteiger partial charge < -0.3 is 8.98 Å². The average molecular weight is 305 g/mol. The fourth-order valence-electron chi connectivity index (χ4n) is 3.13. The van der Waals surface area contributed by atoms with Crippen molar-refractivity contribution < 1.29 is 4.42 Å². The van der Waals surface area contributed by atoms with Crippen molar-refractivity contribution in [2.75, 3.05) is 0 Å². The number of aromatic nitrogens is 3. The first-order valence-electron chi connectivity index (χ1n) is 7.93. The van der Waals surface area contributed by atoms with Gasteiger partial charge in [0.2, 0.25) is 0 Å². The molecule has 0 saturated heterocycles. The van der Waals surface area contributed by atoms with Crippen LogP contribution in [0.3, 0.4) is 0 Å². The highest BCUT2D eigenvalue weighted by atomic mass is 16.3. The molecular weight excluding hydrogens is 286 g/mol. The standard InChI is InChI=1S/C19H19N3O/c1-12(2)10-22-15-7-5-4-6-14(15)21-19(22)17-13(3)8-9-16-18(17)20-11-23-16/h4-9,11-12H,10H2,1-3H3. The van der Waals surface area contributed by atoms with E-state index in [1.165, 1.54) is 6.39 Å². The van der Waals surface area contributed by atoms with Gasteiger partial charge in [-0.05, 0) is 36.6 Å². The first-order valence-corrected chi connectivity index (χ1v) is 7.93. The molecule has 4 nitrogen and oxygen atoms in total. The lowest BCUT2D eigenvalue weighted by Crippen LogP contribution is -2.07. The van der Waals surface area contributed by atoms with Crippen molar-refractivity contribution in [2.24, 2.45) is 5.92 Å². The molecule has 0 amide bonds. The number of aryl methyl sites for hydroxylation is 1. The van der Waals surface area contributed by atoms with Gasteiger partial charge in [0.15, 0.2) is 12.0 Å². The molecule has 4 heteroatoms. The fraction of sp³-hybridized carbons (Fsp3) is 0.263. The van der Waals surface area contributed by atoms with Crippen LogP contribution >= 0.6 is 0 Å². The van der Waals surface area contributed by atoms with Crippen LogP contribution in [0.5, 0.6) is 0 Å². The van der Waals surface area contributed by atoms with E-state index >= 15 is 0 Å². The maximum atomic E-state index is 5.48. The zero-order valence-electron chi connectivity index (χ0n) is 13.6. The van der Waals surface area contributed by atoms with Gasteiger partial charge in [0.05, 0.1) is 16.6 Å². The van der Waals surface area contributed by atoms with Crippen molar-refractivity contribution in [3.05, 3.63) is 48.4 Å². The summed E-state index contributed by atoms with van der Waals surface area (Å²) >= 11 is 0. The molecule has 0 bridgehead atoms. The zero-order valence-corrected chi connectivity index (χ0v) is 13.6. The SMILES string of the molecule is Cc1ccc2ocnc2c1-c1nc2ccccc2n1CC(C)C. The summed E-state index contributed by atoms with van der Waals surface area (Å²) in [5, 5.41) is 0. The van der Waals surface area contributed by atoms with Crippen LogP contribution in [0.2, 0.25) is 0 Å². The summed E-state index contributed by atoms with van der Waals surface area (Å²) in [5.41, 5.74) is 6.08. The van der Waals surface area contributed by atoms with Gasteiger partial charge in [0.25, 0.3) is 0 Å². The predicted octanol–water partition coefficient (Wildman–Crippen LogP) is 4.81. The van der Waals surface area contributed by atoms with E-state index in [0.29, 0.717) is 5.92 Å². The highest BCUT2D eigenvalue weighted by Gasteiger charge is 2.19. The van der Waals surface area contributed by atoms with E-state index in [1.54, 1.807) is 0 Å². The van der Waals surface area contributed by atoms with E-state index in [0.717, 1.165) is 45.6 Å². The first-order chi connectivity index (χ1) is 11.1. The number of benzene rings is 2. The van der Waals surface area contributed by atoms with Crippen LogP contribution in [0.4, 0.5) is 0 Å². The molecule has 0 saturated carbocycles. The number of rotatable bonds is 3. The number of hydrogen-bond acceptors (Lipinski definition) is 3. The Balaban J connectivity index is 2.07. The first kappa shape index (κ1) is 14.0. The maximum Gasteiger partial charge on any atom is 0.182 e. The quantitative estimate of drug-likeness (QED) is 0.545. The Bertz CT molecular complexity index is 994. The highest BCUT2D eigenvalue weighted by Crippen LogP contribution is 2.33. The molecule has 4 rings (SSSR count). The summed E-state index contributed by atoms with van der Waals surface area (Å²) in [7, 11) is 0. The van der Waals surface area contributed by atoms with Gasteiger partial charge >= 0.3 is 0 Å². The van der Waals surface area contributed by atoms with Crippen molar-refractivity contribution >= 4 is 22.1 Å². The van der Waals surface area contributed by atoms with Gasteiger partial charge in [-0.25, -0.2) is 9.97 Å². The Morgan fingerprint density at radius 3 is 2.78 bits per heavy atom. The second kappa shape index (κ2) is 5.23. The molecule has 2 aromatic heterocycles. The van der Waals surface area contributed by atoms with E-state index in [-0.39, 0.29) is 0 Å². The van der Waals surface area contributed by atoms with Crippen LogP contribution in [0, 0.1) is 12.8 Å². The Morgan fingerprint density at radius 2 is 1.96 bits per heavy atom. The smallest absolute Gasteiger partial charge is 0.182 e. The van der Waals surface area contributed by atoms with Crippen molar-refractivity contribution in [3.8, 4) is 11.4 Å². The molecule has 116 valence electrons. The minimum atomic E-state index is 0.531. The predicted molar refractivity (Wildman–Crippen MR) is 92.3 cm³/mol. The zero-order chi connectivity index (χ0) is 16.0. The lowest BCUT2D eigenvalue weighted by molar-refractivity contribution is 0.536. The molecule has 23 heavy (non-hydrogen) atoms. The molecule has 0 spiro atoms. The Labute approximate surface area is 134 Å². The molecule has 0 aliphatic heterocycles. The van der Waals surface area contributed by atoms with Crippen LogP contribution in [0.1, 0.15) is 19.4 Å². The van der Waals surface area contributed by atoms with Crippen LogP contribution in [-0.2, 0) is 6.54 Å². The van der Waals surface area contributed by atoms with Crippen LogP contribution in [0.15, 0.2) is 47.2 Å². The van der Waals surface area contributed by atoms with Gasteiger partial charge in [-0.3, -0.25) is 0 Å². The van der Waals surface area contributed by atoms with E-state index in [2.05, 4.69) is 54.6 Å². The minimum absolute atomic E-state index is 0.531. The molecule has 0 aliphatic carbocycles. The summed E-state index contributed by atoms with van der Waals surface area (Å²) in [6, 6.07) is 12.3.